The number of amides is 2. The number of likely N-dealkylation sites (tertiary alicyclic amines) is 1. The van der Waals surface area contributed by atoms with E-state index in [2.05, 4.69) is 17.2 Å². The molecule has 0 saturated carbocycles. The Morgan fingerprint density at radius 3 is 2.91 bits per heavy atom. The minimum absolute atomic E-state index is 0.0553. The molecule has 1 atom stereocenters. The molecule has 1 aliphatic heterocycles. The van der Waals surface area contributed by atoms with Gasteiger partial charge in [0, 0.05) is 19.1 Å². The highest BCUT2D eigenvalue weighted by Crippen LogP contribution is 2.22. The quantitative estimate of drug-likeness (QED) is 0.863. The lowest BCUT2D eigenvalue weighted by Crippen LogP contribution is -2.49. The molecule has 23 heavy (non-hydrogen) atoms. The van der Waals surface area contributed by atoms with Crippen molar-refractivity contribution in [2.45, 2.75) is 32.7 Å². The largest absolute Gasteiger partial charge is 0.493 e. The first-order valence-electron chi connectivity index (χ1n) is 7.90. The zero-order valence-electron chi connectivity index (χ0n) is 13.6. The average molecular weight is 314 g/mol. The maximum Gasteiger partial charge on any atom is 0.296 e. The molecule has 5 heteroatoms. The van der Waals surface area contributed by atoms with Gasteiger partial charge in [-0.3, -0.25) is 9.59 Å². The summed E-state index contributed by atoms with van der Waals surface area (Å²) >= 11 is 0. The van der Waals surface area contributed by atoms with Crippen molar-refractivity contribution in [2.24, 2.45) is 0 Å². The summed E-state index contributed by atoms with van der Waals surface area (Å²) < 4.78 is 5.54. The van der Waals surface area contributed by atoms with E-state index < -0.39 is 0 Å². The van der Waals surface area contributed by atoms with Gasteiger partial charge >= 0.3 is 0 Å². The Labute approximate surface area is 137 Å². The molecule has 1 aliphatic rings. The van der Waals surface area contributed by atoms with Crippen LogP contribution in [-0.4, -0.2) is 42.5 Å². The minimum atomic E-state index is -0.290. The number of rotatable bonds is 4. The predicted molar refractivity (Wildman–Crippen MR) is 88.1 cm³/mol. The van der Waals surface area contributed by atoms with Gasteiger partial charge in [0.2, 0.25) is 0 Å². The second-order valence-corrected chi connectivity index (χ2v) is 5.37. The molecule has 1 aromatic carbocycles. The smallest absolute Gasteiger partial charge is 0.296 e. The molecule has 1 unspecified atom stereocenters. The van der Waals surface area contributed by atoms with E-state index in [1.54, 1.807) is 24.0 Å². The molecule has 0 aliphatic carbocycles. The summed E-state index contributed by atoms with van der Waals surface area (Å²) in [5.41, 5.74) is 0.565. The van der Waals surface area contributed by atoms with Gasteiger partial charge in [-0.05, 0) is 44.7 Å². The van der Waals surface area contributed by atoms with Crippen LogP contribution in [0.15, 0.2) is 24.3 Å². The minimum Gasteiger partial charge on any atom is -0.493 e. The zero-order valence-corrected chi connectivity index (χ0v) is 13.6. The third-order valence-electron chi connectivity index (χ3n) is 3.70. The van der Waals surface area contributed by atoms with Crippen LogP contribution in [-0.2, 0) is 4.79 Å². The van der Waals surface area contributed by atoms with Crippen molar-refractivity contribution >= 4 is 11.8 Å². The molecule has 0 aromatic heterocycles. The maximum atomic E-state index is 12.8. The fraction of sp³-hybridized carbons (Fsp3) is 0.444. The van der Waals surface area contributed by atoms with E-state index in [-0.39, 0.29) is 17.9 Å². The van der Waals surface area contributed by atoms with Crippen molar-refractivity contribution in [3.8, 4) is 17.6 Å². The van der Waals surface area contributed by atoms with E-state index in [1.807, 2.05) is 19.1 Å². The van der Waals surface area contributed by atoms with Crippen LogP contribution in [0.5, 0.6) is 5.75 Å². The fourth-order valence-corrected chi connectivity index (χ4v) is 2.71. The number of ether oxygens (including phenoxy) is 1. The molecule has 2 rings (SSSR count). The number of carbonyl (C=O) groups is 2. The summed E-state index contributed by atoms with van der Waals surface area (Å²) in [6, 6.07) is 7.20. The molecule has 1 saturated heterocycles. The maximum absolute atomic E-state index is 12.8. The van der Waals surface area contributed by atoms with Gasteiger partial charge < -0.3 is 15.0 Å². The van der Waals surface area contributed by atoms with Gasteiger partial charge in [-0.2, -0.15) is 0 Å². The third-order valence-corrected chi connectivity index (χ3v) is 3.70. The second kappa shape index (κ2) is 8.23. The van der Waals surface area contributed by atoms with E-state index >= 15 is 0 Å². The topological polar surface area (TPSA) is 58.6 Å². The monoisotopic (exact) mass is 314 g/mol. The van der Waals surface area contributed by atoms with Gasteiger partial charge in [0.25, 0.3) is 11.8 Å². The van der Waals surface area contributed by atoms with Gasteiger partial charge in [0.05, 0.1) is 12.2 Å². The van der Waals surface area contributed by atoms with Crippen LogP contribution in [0.25, 0.3) is 0 Å². The molecule has 1 aromatic rings. The number of piperidine rings is 1. The molecule has 1 heterocycles. The van der Waals surface area contributed by atoms with Gasteiger partial charge in [-0.15, -0.1) is 0 Å². The van der Waals surface area contributed by atoms with Crippen molar-refractivity contribution in [2.75, 3.05) is 19.7 Å². The van der Waals surface area contributed by atoms with E-state index in [4.69, 9.17) is 4.74 Å². The van der Waals surface area contributed by atoms with Crippen molar-refractivity contribution < 1.29 is 14.3 Å². The van der Waals surface area contributed by atoms with Gasteiger partial charge in [0.15, 0.2) is 0 Å². The molecule has 0 spiro atoms. The Bertz CT molecular complexity index is 631. The number of benzene rings is 1. The first kappa shape index (κ1) is 16.9. The summed E-state index contributed by atoms with van der Waals surface area (Å²) in [5, 5.41) is 2.86. The van der Waals surface area contributed by atoms with Crippen molar-refractivity contribution in [3.63, 3.8) is 0 Å². The highest BCUT2D eigenvalue weighted by atomic mass is 16.5. The summed E-state index contributed by atoms with van der Waals surface area (Å²) in [6.07, 6.45) is 1.71. The lowest BCUT2D eigenvalue weighted by Gasteiger charge is -2.33. The van der Waals surface area contributed by atoms with E-state index in [0.717, 1.165) is 12.8 Å². The SMILES string of the molecule is CC#CC(=O)NC1CCCN(C(=O)c2ccccc2OCC)C1. The highest BCUT2D eigenvalue weighted by Gasteiger charge is 2.26. The first-order valence-corrected chi connectivity index (χ1v) is 7.90. The standard InChI is InChI=1S/C18H22N2O3/c1-3-8-17(21)19-14-9-7-12-20(13-14)18(22)15-10-5-6-11-16(15)23-4-2/h5-6,10-11,14H,4,7,9,12-13H2,1-2H3,(H,19,21). The van der Waals surface area contributed by atoms with Crippen LogP contribution in [0.4, 0.5) is 0 Å². The van der Waals surface area contributed by atoms with Crippen LogP contribution in [0.2, 0.25) is 0 Å². The van der Waals surface area contributed by atoms with Crippen LogP contribution in [0.3, 0.4) is 0 Å². The Morgan fingerprint density at radius 1 is 1.39 bits per heavy atom. The summed E-state index contributed by atoms with van der Waals surface area (Å²) in [6.45, 7) is 5.21. The number of hydrogen-bond donors (Lipinski definition) is 1. The number of nitrogens with one attached hydrogen (secondary N) is 1. The van der Waals surface area contributed by atoms with Gasteiger partial charge in [-0.25, -0.2) is 0 Å². The highest BCUT2D eigenvalue weighted by molar-refractivity contribution is 5.97. The Kier molecular flexibility index (Phi) is 6.04. The lowest BCUT2D eigenvalue weighted by atomic mass is 10.0. The van der Waals surface area contributed by atoms with Crippen molar-refractivity contribution in [3.05, 3.63) is 29.8 Å². The molecule has 0 bridgehead atoms. The van der Waals surface area contributed by atoms with E-state index in [1.165, 1.54) is 0 Å². The number of nitrogens with zero attached hydrogens (tertiary/aromatic N) is 1. The lowest BCUT2D eigenvalue weighted by molar-refractivity contribution is -0.116. The number of carbonyl (C=O) groups excluding carboxylic acids is 2. The summed E-state index contributed by atoms with van der Waals surface area (Å²) in [4.78, 5) is 26.1. The molecule has 2 amide bonds. The zero-order chi connectivity index (χ0) is 16.7. The van der Waals surface area contributed by atoms with Crippen LogP contribution in [0.1, 0.15) is 37.0 Å². The van der Waals surface area contributed by atoms with Crippen molar-refractivity contribution in [1.29, 1.82) is 0 Å². The Morgan fingerprint density at radius 2 is 2.17 bits per heavy atom. The normalized spacial score (nSPS) is 17.0. The van der Waals surface area contributed by atoms with Crippen LogP contribution >= 0.6 is 0 Å². The van der Waals surface area contributed by atoms with Gasteiger partial charge in [-0.1, -0.05) is 18.1 Å². The van der Waals surface area contributed by atoms with E-state index in [9.17, 15) is 9.59 Å². The van der Waals surface area contributed by atoms with Crippen molar-refractivity contribution in [1.82, 2.24) is 10.2 Å². The van der Waals surface area contributed by atoms with Crippen LogP contribution < -0.4 is 10.1 Å². The Balaban J connectivity index is 2.07. The Hall–Kier alpha value is -2.48. The molecule has 1 N–H and O–H groups in total. The van der Waals surface area contributed by atoms with Crippen LogP contribution in [0, 0.1) is 11.8 Å². The third kappa shape index (κ3) is 4.49. The predicted octanol–water partition coefficient (Wildman–Crippen LogP) is 1.83. The molecule has 122 valence electrons. The molecular weight excluding hydrogens is 292 g/mol. The average Bonchev–Trinajstić information content (AvgIpc) is 2.55. The van der Waals surface area contributed by atoms with Gasteiger partial charge in [0.1, 0.15) is 5.75 Å². The molecule has 0 radical (unpaired) electrons. The first-order chi connectivity index (χ1) is 11.2. The van der Waals surface area contributed by atoms with E-state index in [0.29, 0.717) is 31.0 Å². The number of hydrogen-bond acceptors (Lipinski definition) is 3. The molecular formula is C18H22N2O3. The summed E-state index contributed by atoms with van der Waals surface area (Å²) in [5.74, 6) is 5.30. The molecule has 5 nitrogen and oxygen atoms in total. The summed E-state index contributed by atoms with van der Waals surface area (Å²) in [7, 11) is 0. The number of para-hydroxylation sites is 1. The second-order valence-electron chi connectivity index (χ2n) is 5.37. The molecule has 1 fully saturated rings. The fourth-order valence-electron chi connectivity index (χ4n) is 2.71.